The molecule has 2 aromatic heterocycles. The molecule has 9 nitrogen and oxygen atoms in total. The maximum atomic E-state index is 10.6. The van der Waals surface area contributed by atoms with Crippen LogP contribution in [0.5, 0.6) is 11.6 Å². The van der Waals surface area contributed by atoms with Crippen molar-refractivity contribution in [3.05, 3.63) is 41.1 Å². The Morgan fingerprint density at radius 3 is 2.69 bits per heavy atom. The number of nitrogens with zero attached hydrogens (tertiary/aromatic N) is 3. The van der Waals surface area contributed by atoms with Gasteiger partial charge in [-0.3, -0.25) is 4.79 Å². The van der Waals surface area contributed by atoms with Crippen LogP contribution >= 0.6 is 0 Å². The van der Waals surface area contributed by atoms with E-state index in [9.17, 15) is 4.79 Å². The van der Waals surface area contributed by atoms with E-state index in [1.54, 1.807) is 7.11 Å². The molecule has 0 amide bonds. The minimum absolute atomic E-state index is 0.0473. The molecule has 4 rings (SSSR count). The predicted octanol–water partition coefficient (Wildman–Crippen LogP) is 4.78. The van der Waals surface area contributed by atoms with E-state index in [4.69, 9.17) is 24.1 Å². The number of pyridine rings is 1. The van der Waals surface area contributed by atoms with E-state index < -0.39 is 5.97 Å². The molecule has 192 valence electrons. The Hall–Kier alpha value is -3.46. The second-order valence-electron chi connectivity index (χ2n) is 9.14. The zero-order chi connectivity index (χ0) is 25.5. The maximum absolute atomic E-state index is 10.6. The zero-order valence-electron chi connectivity index (χ0n) is 21.2. The summed E-state index contributed by atoms with van der Waals surface area (Å²) < 4.78 is 17.2. The van der Waals surface area contributed by atoms with Gasteiger partial charge in [0.15, 0.2) is 0 Å². The topological polar surface area (TPSA) is 120 Å². The fourth-order valence-electron chi connectivity index (χ4n) is 4.65. The zero-order valence-corrected chi connectivity index (χ0v) is 21.2. The van der Waals surface area contributed by atoms with Gasteiger partial charge in [0, 0.05) is 28.8 Å². The molecule has 1 fully saturated rings. The van der Waals surface area contributed by atoms with Crippen molar-refractivity contribution in [3.8, 4) is 34.5 Å². The molecule has 1 aliphatic rings. The molecule has 1 aliphatic carbocycles. The Balaban J connectivity index is 1.51. The quantitative estimate of drug-likeness (QED) is 0.343. The van der Waals surface area contributed by atoms with Gasteiger partial charge in [0.25, 0.3) is 5.89 Å². The summed E-state index contributed by atoms with van der Waals surface area (Å²) in [5.74, 6) is 1.95. The van der Waals surface area contributed by atoms with Crippen molar-refractivity contribution < 1.29 is 23.9 Å². The first-order valence-corrected chi connectivity index (χ1v) is 12.6. The molecule has 2 heterocycles. The van der Waals surface area contributed by atoms with Gasteiger partial charge >= 0.3 is 5.97 Å². The number of carboxylic acids is 1. The van der Waals surface area contributed by atoms with Gasteiger partial charge in [-0.2, -0.15) is 4.98 Å². The first-order chi connectivity index (χ1) is 17.5. The number of rotatable bonds is 12. The first-order valence-electron chi connectivity index (χ1n) is 12.6. The number of carbonyl (C=O) groups is 1. The van der Waals surface area contributed by atoms with Gasteiger partial charge in [0.1, 0.15) is 5.75 Å². The summed E-state index contributed by atoms with van der Waals surface area (Å²) in [6.07, 6.45) is 6.24. The Morgan fingerprint density at radius 2 is 1.97 bits per heavy atom. The predicted molar refractivity (Wildman–Crippen MR) is 135 cm³/mol. The number of benzene rings is 1. The molecule has 9 heteroatoms. The van der Waals surface area contributed by atoms with Crippen LogP contribution in [0.1, 0.15) is 61.8 Å². The fourth-order valence-corrected chi connectivity index (χ4v) is 4.65. The van der Waals surface area contributed by atoms with Crippen molar-refractivity contribution in [1.82, 2.24) is 20.4 Å². The third kappa shape index (κ3) is 6.20. The van der Waals surface area contributed by atoms with Gasteiger partial charge < -0.3 is 24.4 Å². The van der Waals surface area contributed by atoms with Crippen LogP contribution in [-0.2, 0) is 11.2 Å². The van der Waals surface area contributed by atoms with Gasteiger partial charge in [-0.05, 0) is 68.5 Å². The highest BCUT2D eigenvalue weighted by Gasteiger charge is 2.22. The Labute approximate surface area is 211 Å². The summed E-state index contributed by atoms with van der Waals surface area (Å²) in [4.78, 5) is 19.9. The Kier molecular flexibility index (Phi) is 8.53. The van der Waals surface area contributed by atoms with Gasteiger partial charge in [-0.15, -0.1) is 0 Å². The van der Waals surface area contributed by atoms with Crippen molar-refractivity contribution in [2.75, 3.05) is 26.8 Å². The van der Waals surface area contributed by atoms with E-state index in [1.807, 2.05) is 25.1 Å². The molecule has 1 saturated carbocycles. The molecule has 0 radical (unpaired) electrons. The van der Waals surface area contributed by atoms with E-state index in [2.05, 4.69) is 28.4 Å². The molecular weight excluding hydrogens is 460 g/mol. The number of carboxylic acid groups (broad SMARTS) is 1. The molecular formula is C27H34N4O5. The second kappa shape index (κ2) is 12.0. The molecule has 3 aromatic rings. The average Bonchev–Trinajstić information content (AvgIpc) is 3.59. The summed E-state index contributed by atoms with van der Waals surface area (Å²) >= 11 is 0. The fraction of sp³-hybridized carbons (Fsp3) is 0.481. The summed E-state index contributed by atoms with van der Waals surface area (Å²) in [6.45, 7) is 5.11. The molecule has 2 N–H and O–H groups in total. The smallest absolute Gasteiger partial charge is 0.317 e. The van der Waals surface area contributed by atoms with Crippen molar-refractivity contribution in [3.63, 3.8) is 0 Å². The van der Waals surface area contributed by atoms with Crippen LogP contribution in [0.4, 0.5) is 0 Å². The number of aromatic nitrogens is 3. The standard InChI is InChI=1S/C27H34N4O5/c1-4-18-13-21(12-17(2)25(18)35-11-7-10-28-16-24(32)33)27-30-26(31-36-27)20-14-22(19-8-5-6-9-19)29-23(15-20)34-3/h12-15,19,28H,4-11,16H2,1-3H3,(H,32,33). The lowest BCUT2D eigenvalue weighted by molar-refractivity contribution is -0.135. The van der Waals surface area contributed by atoms with Crippen LogP contribution in [0.25, 0.3) is 22.8 Å². The van der Waals surface area contributed by atoms with Gasteiger partial charge in [0.05, 0.1) is 20.3 Å². The molecule has 0 atom stereocenters. The van der Waals surface area contributed by atoms with E-state index >= 15 is 0 Å². The maximum Gasteiger partial charge on any atom is 0.317 e. The highest BCUT2D eigenvalue weighted by Crippen LogP contribution is 2.36. The number of aryl methyl sites for hydroxylation is 2. The van der Waals surface area contributed by atoms with Crippen molar-refractivity contribution in [2.24, 2.45) is 0 Å². The van der Waals surface area contributed by atoms with Crippen molar-refractivity contribution in [2.45, 2.75) is 58.3 Å². The molecule has 0 saturated heterocycles. The number of hydrogen-bond donors (Lipinski definition) is 2. The van der Waals surface area contributed by atoms with Gasteiger partial charge in [0.2, 0.25) is 11.7 Å². The Bertz CT molecular complexity index is 1190. The van der Waals surface area contributed by atoms with Crippen molar-refractivity contribution in [1.29, 1.82) is 0 Å². The third-order valence-electron chi connectivity index (χ3n) is 6.49. The van der Waals surface area contributed by atoms with Crippen LogP contribution in [0.3, 0.4) is 0 Å². The SMILES string of the molecule is CCc1cc(-c2nc(-c3cc(OC)nc(C4CCCC4)c3)no2)cc(C)c1OCCCNCC(=O)O. The average molecular weight is 495 g/mol. The third-order valence-corrected chi connectivity index (χ3v) is 6.49. The van der Waals surface area contributed by atoms with Crippen LogP contribution in [-0.4, -0.2) is 53.0 Å². The highest BCUT2D eigenvalue weighted by molar-refractivity contribution is 5.69. The van der Waals surface area contributed by atoms with Crippen molar-refractivity contribution >= 4 is 5.97 Å². The number of aliphatic carboxylic acids is 1. The van der Waals surface area contributed by atoms with E-state index in [0.717, 1.165) is 53.0 Å². The minimum atomic E-state index is -0.864. The van der Waals surface area contributed by atoms with Crippen LogP contribution in [0, 0.1) is 6.92 Å². The number of ether oxygens (including phenoxy) is 2. The summed E-state index contributed by atoms with van der Waals surface area (Å²) in [6, 6.07) is 7.92. The van der Waals surface area contributed by atoms with Crippen LogP contribution in [0.15, 0.2) is 28.8 Å². The minimum Gasteiger partial charge on any atom is -0.493 e. The number of hydrogen-bond acceptors (Lipinski definition) is 8. The van der Waals surface area contributed by atoms with E-state index in [1.165, 1.54) is 12.8 Å². The van der Waals surface area contributed by atoms with E-state index in [0.29, 0.717) is 43.1 Å². The monoisotopic (exact) mass is 494 g/mol. The molecule has 0 spiro atoms. The number of nitrogens with one attached hydrogen (secondary N) is 1. The number of methoxy groups -OCH3 is 1. The van der Waals surface area contributed by atoms with Gasteiger partial charge in [-0.1, -0.05) is 24.9 Å². The summed E-state index contributed by atoms with van der Waals surface area (Å²) in [5.41, 5.74) is 4.74. The second-order valence-corrected chi connectivity index (χ2v) is 9.14. The Morgan fingerprint density at radius 1 is 1.17 bits per heavy atom. The lowest BCUT2D eigenvalue weighted by Gasteiger charge is -2.14. The summed E-state index contributed by atoms with van der Waals surface area (Å²) in [5, 5.41) is 15.8. The van der Waals surface area contributed by atoms with Crippen LogP contribution in [0.2, 0.25) is 0 Å². The summed E-state index contributed by atoms with van der Waals surface area (Å²) in [7, 11) is 1.62. The largest absolute Gasteiger partial charge is 0.493 e. The lowest BCUT2D eigenvalue weighted by atomic mass is 10.0. The van der Waals surface area contributed by atoms with E-state index in [-0.39, 0.29) is 6.54 Å². The normalized spacial score (nSPS) is 13.8. The molecule has 1 aromatic carbocycles. The van der Waals surface area contributed by atoms with Crippen LogP contribution < -0.4 is 14.8 Å². The highest BCUT2D eigenvalue weighted by atomic mass is 16.5. The molecule has 0 unspecified atom stereocenters. The molecule has 0 aliphatic heterocycles. The van der Waals surface area contributed by atoms with Gasteiger partial charge in [-0.25, -0.2) is 4.98 Å². The molecule has 36 heavy (non-hydrogen) atoms. The molecule has 0 bridgehead atoms. The first kappa shape index (κ1) is 25.6. The lowest BCUT2D eigenvalue weighted by Crippen LogP contribution is -2.24.